The molecule has 100 valence electrons. The minimum Gasteiger partial charge on any atom is -0.466 e. The van der Waals surface area contributed by atoms with E-state index < -0.39 is 0 Å². The fourth-order valence-corrected chi connectivity index (χ4v) is 2.16. The predicted octanol–water partition coefficient (Wildman–Crippen LogP) is 4.09. The number of carbonyl (C=O) groups excluding carboxylic acids is 1. The van der Waals surface area contributed by atoms with Gasteiger partial charge in [-0.1, -0.05) is 51.0 Å². The summed E-state index contributed by atoms with van der Waals surface area (Å²) < 4.78 is 5.15. The zero-order valence-corrected chi connectivity index (χ0v) is 11.7. The molecule has 1 aromatic rings. The summed E-state index contributed by atoms with van der Waals surface area (Å²) in [6.45, 7) is 6.57. The molecule has 2 nitrogen and oxygen atoms in total. The fourth-order valence-electron chi connectivity index (χ4n) is 2.16. The Kier molecular flexibility index (Phi) is 6.48. The maximum Gasteiger partial charge on any atom is 0.313 e. The van der Waals surface area contributed by atoms with Gasteiger partial charge in [0.05, 0.1) is 12.5 Å². The van der Waals surface area contributed by atoms with Crippen molar-refractivity contribution in [3.8, 4) is 0 Å². The first-order chi connectivity index (χ1) is 8.72. The highest BCUT2D eigenvalue weighted by molar-refractivity contribution is 5.78. The monoisotopic (exact) mass is 248 g/mol. The van der Waals surface area contributed by atoms with E-state index in [-0.39, 0.29) is 11.9 Å². The van der Waals surface area contributed by atoms with Gasteiger partial charge in [-0.3, -0.25) is 4.79 Å². The number of aryl methyl sites for hydroxylation is 1. The molecule has 0 spiro atoms. The second-order valence-electron chi connectivity index (χ2n) is 4.58. The highest BCUT2D eigenvalue weighted by Gasteiger charge is 2.20. The first-order valence-corrected chi connectivity index (χ1v) is 6.98. The van der Waals surface area contributed by atoms with Gasteiger partial charge < -0.3 is 4.74 Å². The highest BCUT2D eigenvalue weighted by Crippen LogP contribution is 2.23. The largest absolute Gasteiger partial charge is 0.466 e. The molecule has 1 rings (SSSR count). The van der Waals surface area contributed by atoms with E-state index in [1.54, 1.807) is 0 Å². The van der Waals surface area contributed by atoms with Gasteiger partial charge in [0, 0.05) is 0 Å². The predicted molar refractivity (Wildman–Crippen MR) is 74.7 cm³/mol. The molecule has 1 unspecified atom stereocenters. The zero-order chi connectivity index (χ0) is 13.4. The van der Waals surface area contributed by atoms with Crippen LogP contribution >= 0.6 is 0 Å². The van der Waals surface area contributed by atoms with Crippen molar-refractivity contribution in [1.82, 2.24) is 0 Å². The topological polar surface area (TPSA) is 26.3 Å². The summed E-state index contributed by atoms with van der Waals surface area (Å²) in [7, 11) is 0. The van der Waals surface area contributed by atoms with E-state index in [0.717, 1.165) is 31.2 Å². The molecular formula is C16H24O2. The van der Waals surface area contributed by atoms with Crippen molar-refractivity contribution in [2.24, 2.45) is 0 Å². The van der Waals surface area contributed by atoms with E-state index in [2.05, 4.69) is 38.1 Å². The van der Waals surface area contributed by atoms with Crippen LogP contribution in [0.15, 0.2) is 24.3 Å². The van der Waals surface area contributed by atoms with Gasteiger partial charge in [0.25, 0.3) is 0 Å². The maximum atomic E-state index is 11.9. The molecule has 2 heteroatoms. The summed E-state index contributed by atoms with van der Waals surface area (Å²) in [6, 6.07) is 8.39. The van der Waals surface area contributed by atoms with E-state index in [9.17, 15) is 4.79 Å². The van der Waals surface area contributed by atoms with E-state index in [1.165, 1.54) is 5.56 Å². The second-order valence-corrected chi connectivity index (χ2v) is 4.58. The molecule has 1 atom stereocenters. The lowest BCUT2D eigenvalue weighted by atomic mass is 9.93. The Morgan fingerprint density at radius 3 is 2.28 bits per heavy atom. The normalized spacial score (nSPS) is 12.2. The van der Waals surface area contributed by atoms with Crippen molar-refractivity contribution in [1.29, 1.82) is 0 Å². The van der Waals surface area contributed by atoms with Crippen LogP contribution in [0.5, 0.6) is 0 Å². The third-order valence-electron chi connectivity index (χ3n) is 3.07. The van der Waals surface area contributed by atoms with Crippen LogP contribution in [-0.2, 0) is 16.0 Å². The smallest absolute Gasteiger partial charge is 0.313 e. The van der Waals surface area contributed by atoms with Crippen LogP contribution in [0, 0.1) is 0 Å². The van der Waals surface area contributed by atoms with E-state index >= 15 is 0 Å². The van der Waals surface area contributed by atoms with Gasteiger partial charge in [-0.15, -0.1) is 0 Å². The third-order valence-corrected chi connectivity index (χ3v) is 3.07. The van der Waals surface area contributed by atoms with Crippen LogP contribution in [0.3, 0.4) is 0 Å². The summed E-state index contributed by atoms with van der Waals surface area (Å²) in [6.07, 6.45) is 4.08. The van der Waals surface area contributed by atoms with Crippen LogP contribution in [0.1, 0.15) is 57.1 Å². The lowest BCUT2D eigenvalue weighted by Gasteiger charge is -2.15. The Bertz CT molecular complexity index is 354. The molecule has 1 aromatic carbocycles. The van der Waals surface area contributed by atoms with Crippen molar-refractivity contribution < 1.29 is 9.53 Å². The summed E-state index contributed by atoms with van der Waals surface area (Å²) in [5, 5.41) is 0. The van der Waals surface area contributed by atoms with Gasteiger partial charge in [0.1, 0.15) is 0 Å². The molecule has 0 radical (unpaired) electrons. The zero-order valence-electron chi connectivity index (χ0n) is 11.7. The van der Waals surface area contributed by atoms with Gasteiger partial charge in [-0.25, -0.2) is 0 Å². The Balaban J connectivity index is 2.81. The molecule has 0 aromatic heterocycles. The van der Waals surface area contributed by atoms with E-state index in [0.29, 0.717) is 6.61 Å². The van der Waals surface area contributed by atoms with Gasteiger partial charge >= 0.3 is 5.97 Å². The van der Waals surface area contributed by atoms with Crippen molar-refractivity contribution in [3.05, 3.63) is 35.4 Å². The molecule has 0 aliphatic heterocycles. The lowest BCUT2D eigenvalue weighted by Crippen LogP contribution is -2.16. The standard InChI is InChI=1S/C16H24O2/c1-4-7-13-9-11-14(12-10-13)15(8-5-2)16(17)18-6-3/h9-12,15H,4-8H2,1-3H3. The quantitative estimate of drug-likeness (QED) is 0.679. The first-order valence-electron chi connectivity index (χ1n) is 6.98. The maximum absolute atomic E-state index is 11.9. The molecule has 18 heavy (non-hydrogen) atoms. The molecule has 0 saturated carbocycles. The Labute approximate surface area is 110 Å². The Morgan fingerprint density at radius 2 is 1.78 bits per heavy atom. The van der Waals surface area contributed by atoms with Gasteiger partial charge in [0.2, 0.25) is 0 Å². The number of carbonyl (C=O) groups is 1. The molecule has 0 bridgehead atoms. The van der Waals surface area contributed by atoms with Crippen molar-refractivity contribution in [3.63, 3.8) is 0 Å². The minimum absolute atomic E-state index is 0.0948. The Hall–Kier alpha value is -1.31. The van der Waals surface area contributed by atoms with Gasteiger partial charge in [-0.2, -0.15) is 0 Å². The number of hydrogen-bond donors (Lipinski definition) is 0. The number of esters is 1. The minimum atomic E-state index is -0.106. The van der Waals surface area contributed by atoms with Crippen LogP contribution < -0.4 is 0 Å². The Morgan fingerprint density at radius 1 is 1.11 bits per heavy atom. The summed E-state index contributed by atoms with van der Waals surface area (Å²) in [4.78, 5) is 11.9. The molecule has 0 aliphatic rings. The van der Waals surface area contributed by atoms with Gasteiger partial charge in [0.15, 0.2) is 0 Å². The third kappa shape index (κ3) is 4.17. The SMILES string of the molecule is CCCc1ccc(C(CCC)C(=O)OCC)cc1. The lowest BCUT2D eigenvalue weighted by molar-refractivity contribution is -0.145. The average Bonchev–Trinajstić information content (AvgIpc) is 2.38. The fraction of sp³-hybridized carbons (Fsp3) is 0.562. The van der Waals surface area contributed by atoms with Crippen molar-refractivity contribution in [2.75, 3.05) is 6.61 Å². The first kappa shape index (κ1) is 14.7. The van der Waals surface area contributed by atoms with E-state index in [4.69, 9.17) is 4.74 Å². The van der Waals surface area contributed by atoms with Crippen LogP contribution in [0.4, 0.5) is 0 Å². The van der Waals surface area contributed by atoms with Crippen LogP contribution in [0.25, 0.3) is 0 Å². The average molecular weight is 248 g/mol. The molecule has 0 saturated heterocycles. The molecule has 0 N–H and O–H groups in total. The van der Waals surface area contributed by atoms with Crippen LogP contribution in [-0.4, -0.2) is 12.6 Å². The molecule has 0 heterocycles. The molecule has 0 amide bonds. The van der Waals surface area contributed by atoms with Crippen molar-refractivity contribution in [2.45, 2.75) is 52.4 Å². The summed E-state index contributed by atoms with van der Waals surface area (Å²) >= 11 is 0. The van der Waals surface area contributed by atoms with E-state index in [1.807, 2.05) is 6.92 Å². The summed E-state index contributed by atoms with van der Waals surface area (Å²) in [5.74, 6) is -0.201. The number of hydrogen-bond acceptors (Lipinski definition) is 2. The molecule has 0 aliphatic carbocycles. The van der Waals surface area contributed by atoms with Gasteiger partial charge in [-0.05, 0) is 30.9 Å². The summed E-state index contributed by atoms with van der Waals surface area (Å²) in [5.41, 5.74) is 2.41. The number of rotatable bonds is 7. The number of ether oxygens (including phenoxy) is 1. The number of benzene rings is 1. The highest BCUT2D eigenvalue weighted by atomic mass is 16.5. The molecular weight excluding hydrogens is 224 g/mol. The second kappa shape index (κ2) is 7.91. The molecule has 0 fully saturated rings. The van der Waals surface area contributed by atoms with Crippen LogP contribution in [0.2, 0.25) is 0 Å². The van der Waals surface area contributed by atoms with Crippen molar-refractivity contribution >= 4 is 5.97 Å².